The fourth-order valence-electron chi connectivity index (χ4n) is 0.304. The van der Waals surface area contributed by atoms with Crippen LogP contribution in [0.4, 0.5) is 0 Å². The van der Waals surface area contributed by atoms with Gasteiger partial charge in [0.2, 0.25) is 6.29 Å². The van der Waals surface area contributed by atoms with Crippen molar-refractivity contribution in [2.24, 2.45) is 0 Å². The van der Waals surface area contributed by atoms with Crippen molar-refractivity contribution in [1.29, 1.82) is 0 Å². The van der Waals surface area contributed by atoms with Gasteiger partial charge in [0.25, 0.3) is 6.29 Å². The molecule has 9 heavy (non-hydrogen) atoms. The first-order valence-corrected chi connectivity index (χ1v) is 2.73. The van der Waals surface area contributed by atoms with E-state index >= 15 is 0 Å². The van der Waals surface area contributed by atoms with Crippen LogP contribution in [0.3, 0.4) is 0 Å². The number of aliphatic hydroxyl groups is 3. The summed E-state index contributed by atoms with van der Waals surface area (Å²) in [5.74, 6) is 0. The summed E-state index contributed by atoms with van der Waals surface area (Å²) in [6.45, 7) is 2.16. The van der Waals surface area contributed by atoms with E-state index in [0.29, 0.717) is 6.61 Å². The van der Waals surface area contributed by atoms with Crippen LogP contribution in [-0.2, 0) is 4.74 Å². The predicted molar refractivity (Wildman–Crippen MR) is 29.4 cm³/mol. The maximum absolute atomic E-state index is 8.50. The van der Waals surface area contributed by atoms with E-state index in [2.05, 4.69) is 4.74 Å². The van der Waals surface area contributed by atoms with Crippen LogP contribution in [0.15, 0.2) is 0 Å². The van der Waals surface area contributed by atoms with Crippen molar-refractivity contribution in [3.8, 4) is 0 Å². The monoisotopic (exact) mass is 135 g/mol. The fourth-order valence-corrected chi connectivity index (χ4v) is 0.304. The molecule has 3 N–H and O–H groups in total. The molecule has 4 heteroatoms. The molecule has 0 fully saturated rings. The van der Waals surface area contributed by atoms with Gasteiger partial charge in [-0.15, -0.1) is 0 Å². The van der Waals surface area contributed by atoms with E-state index in [1.165, 1.54) is 0 Å². The number of hydrogen-bond donors (Lipinski definition) is 3. The largest absolute Gasteiger partial charge is 0.364 e. The van der Waals surface area contributed by atoms with Gasteiger partial charge in [0, 0.05) is 6.61 Å². The molecule has 0 rings (SSSR count). The first kappa shape index (κ1) is 8.84. The molecule has 0 aliphatic heterocycles. The molecule has 0 aromatic heterocycles. The van der Waals surface area contributed by atoms with Gasteiger partial charge in [0.1, 0.15) is 0 Å². The van der Waals surface area contributed by atoms with Gasteiger partial charge in [-0.3, -0.25) is 0 Å². The first-order valence-electron chi connectivity index (χ1n) is 2.73. The second-order valence-electron chi connectivity index (χ2n) is 1.58. The Labute approximate surface area is 53.7 Å². The average molecular weight is 135 g/mol. The number of rotatable bonds is 4. The van der Waals surface area contributed by atoms with E-state index < -0.39 is 12.6 Å². The zero-order valence-electron chi connectivity index (χ0n) is 5.24. The maximum atomic E-state index is 8.50. The molecule has 4 nitrogen and oxygen atoms in total. The van der Waals surface area contributed by atoms with Gasteiger partial charge in [-0.1, -0.05) is 6.92 Å². The Hall–Kier alpha value is -0.160. The third-order valence-corrected chi connectivity index (χ3v) is 0.701. The second-order valence-corrected chi connectivity index (χ2v) is 1.58. The standard InChI is InChI=1S/C5H11O4/c1-2-3-9-5(8)4(6)7/h5-8H,2-3H2,1H3. The number of hydrogen-bond acceptors (Lipinski definition) is 4. The lowest BCUT2D eigenvalue weighted by Gasteiger charge is -2.10. The third-order valence-electron chi connectivity index (χ3n) is 0.701. The number of ether oxygens (including phenoxy) is 1. The van der Waals surface area contributed by atoms with Gasteiger partial charge in [0.05, 0.1) is 0 Å². The Balaban J connectivity index is 3.16. The minimum absolute atomic E-state index is 0.311. The molecule has 0 spiro atoms. The Morgan fingerprint density at radius 3 is 2.44 bits per heavy atom. The molecular weight excluding hydrogens is 124 g/mol. The van der Waals surface area contributed by atoms with Crippen LogP contribution in [0.2, 0.25) is 0 Å². The molecule has 0 aromatic rings. The van der Waals surface area contributed by atoms with E-state index in [4.69, 9.17) is 15.3 Å². The Morgan fingerprint density at radius 1 is 1.56 bits per heavy atom. The minimum atomic E-state index is -1.55. The highest BCUT2D eigenvalue weighted by Crippen LogP contribution is 1.98. The molecule has 1 unspecified atom stereocenters. The van der Waals surface area contributed by atoms with Gasteiger partial charge in [-0.05, 0) is 6.42 Å². The molecule has 0 aromatic carbocycles. The lowest BCUT2D eigenvalue weighted by molar-refractivity contribution is -0.168. The van der Waals surface area contributed by atoms with Crippen molar-refractivity contribution in [3.63, 3.8) is 0 Å². The molecule has 0 aliphatic carbocycles. The molecule has 55 valence electrons. The Morgan fingerprint density at radius 2 is 2.11 bits per heavy atom. The SMILES string of the molecule is CCCOC(O)[C](O)O. The van der Waals surface area contributed by atoms with Crippen LogP contribution >= 0.6 is 0 Å². The number of aliphatic hydroxyl groups excluding tert-OH is 2. The van der Waals surface area contributed by atoms with E-state index in [1.807, 2.05) is 6.92 Å². The predicted octanol–water partition coefficient (Wildman–Crippen LogP) is -0.0341. The Bertz CT molecular complexity index is 64.0. The summed E-state index contributed by atoms with van der Waals surface area (Å²) in [5, 5.41) is 24.8. The summed E-state index contributed by atoms with van der Waals surface area (Å²) in [4.78, 5) is 0. The summed E-state index contributed by atoms with van der Waals surface area (Å²) in [6, 6.07) is 0. The summed E-state index contributed by atoms with van der Waals surface area (Å²) >= 11 is 0. The van der Waals surface area contributed by atoms with Crippen molar-refractivity contribution in [1.82, 2.24) is 0 Å². The lowest BCUT2D eigenvalue weighted by atomic mass is 10.5. The zero-order valence-corrected chi connectivity index (χ0v) is 5.24. The van der Waals surface area contributed by atoms with E-state index in [9.17, 15) is 0 Å². The van der Waals surface area contributed by atoms with Crippen molar-refractivity contribution in [3.05, 3.63) is 6.29 Å². The van der Waals surface area contributed by atoms with E-state index in [0.717, 1.165) is 6.42 Å². The molecule has 1 atom stereocenters. The summed E-state index contributed by atoms with van der Waals surface area (Å²) in [6.07, 6.45) is -1.92. The van der Waals surface area contributed by atoms with Crippen LogP contribution in [0.25, 0.3) is 0 Å². The quantitative estimate of drug-likeness (QED) is 0.473. The highest BCUT2D eigenvalue weighted by atomic mass is 16.6. The normalized spacial score (nSPS) is 14.3. The molecule has 0 heterocycles. The van der Waals surface area contributed by atoms with Gasteiger partial charge < -0.3 is 20.1 Å². The molecule has 0 bridgehead atoms. The molecular formula is C5H11O4. The van der Waals surface area contributed by atoms with Gasteiger partial charge in [0.15, 0.2) is 0 Å². The first-order chi connectivity index (χ1) is 4.18. The van der Waals surface area contributed by atoms with Crippen molar-refractivity contribution in [2.45, 2.75) is 19.6 Å². The van der Waals surface area contributed by atoms with E-state index in [1.54, 1.807) is 0 Å². The zero-order chi connectivity index (χ0) is 7.28. The highest BCUT2D eigenvalue weighted by Gasteiger charge is 2.13. The van der Waals surface area contributed by atoms with Crippen LogP contribution in [0.5, 0.6) is 0 Å². The molecule has 0 saturated carbocycles. The molecule has 0 saturated heterocycles. The minimum Gasteiger partial charge on any atom is -0.364 e. The third kappa shape index (κ3) is 4.35. The van der Waals surface area contributed by atoms with Crippen LogP contribution in [0.1, 0.15) is 13.3 Å². The smallest absolute Gasteiger partial charge is 0.276 e. The maximum Gasteiger partial charge on any atom is 0.276 e. The topological polar surface area (TPSA) is 69.9 Å². The van der Waals surface area contributed by atoms with Gasteiger partial charge >= 0.3 is 0 Å². The average Bonchev–Trinajstić information content (AvgIpc) is 1.82. The van der Waals surface area contributed by atoms with Gasteiger partial charge in [-0.25, -0.2) is 0 Å². The van der Waals surface area contributed by atoms with Crippen molar-refractivity contribution in [2.75, 3.05) is 6.61 Å². The van der Waals surface area contributed by atoms with E-state index in [-0.39, 0.29) is 0 Å². The Kier molecular flexibility index (Phi) is 4.61. The van der Waals surface area contributed by atoms with Crippen LogP contribution in [0, 0.1) is 6.29 Å². The molecule has 0 amide bonds. The molecule has 0 aliphatic rings. The second kappa shape index (κ2) is 4.69. The van der Waals surface area contributed by atoms with Crippen molar-refractivity contribution >= 4 is 0 Å². The summed E-state index contributed by atoms with van der Waals surface area (Å²) in [5.41, 5.74) is 0. The lowest BCUT2D eigenvalue weighted by Crippen LogP contribution is -2.21. The summed E-state index contributed by atoms with van der Waals surface area (Å²) < 4.78 is 4.47. The van der Waals surface area contributed by atoms with Crippen LogP contribution < -0.4 is 0 Å². The summed E-state index contributed by atoms with van der Waals surface area (Å²) in [7, 11) is 0. The molecule has 1 radical (unpaired) electrons. The van der Waals surface area contributed by atoms with Crippen LogP contribution in [-0.4, -0.2) is 28.2 Å². The van der Waals surface area contributed by atoms with Crippen molar-refractivity contribution < 1.29 is 20.1 Å². The highest BCUT2D eigenvalue weighted by molar-refractivity contribution is 4.59. The fraction of sp³-hybridized carbons (Fsp3) is 0.800. The van der Waals surface area contributed by atoms with Gasteiger partial charge in [-0.2, -0.15) is 0 Å².